The fourth-order valence-corrected chi connectivity index (χ4v) is 2.91. The second-order valence-corrected chi connectivity index (χ2v) is 5.81. The first kappa shape index (κ1) is 18.1. The van der Waals surface area contributed by atoms with E-state index in [2.05, 4.69) is 0 Å². The predicted octanol–water partition coefficient (Wildman–Crippen LogP) is 0.149. The number of nitrogens with zero attached hydrogens (tertiary/aromatic N) is 3. The molecule has 0 aliphatic carbocycles. The van der Waals surface area contributed by atoms with E-state index < -0.39 is 33.6 Å². The first-order chi connectivity index (χ1) is 12.9. The van der Waals surface area contributed by atoms with Crippen molar-refractivity contribution in [2.24, 2.45) is 0 Å². The van der Waals surface area contributed by atoms with Gasteiger partial charge in [0.1, 0.15) is 5.56 Å². The van der Waals surface area contributed by atoms with Gasteiger partial charge in [-0.15, -0.1) is 0 Å². The first-order valence-corrected chi connectivity index (χ1v) is 8.01. The molecule has 2 aromatic rings. The summed E-state index contributed by atoms with van der Waals surface area (Å²) in [6.45, 7) is 0.576. The van der Waals surface area contributed by atoms with Crippen molar-refractivity contribution in [1.82, 2.24) is 9.80 Å². The number of nitro benzene ring substituents is 1. The van der Waals surface area contributed by atoms with E-state index in [1.165, 1.54) is 28.2 Å². The van der Waals surface area contributed by atoms with Crippen LogP contribution in [-0.2, 0) is 0 Å². The van der Waals surface area contributed by atoms with E-state index in [0.717, 1.165) is 12.1 Å². The largest absolute Gasteiger partial charge is 0.545 e. The standard InChI is InChI=1S/C17H15N3O7/c21-15(13-5-2-10-27-13)18-6-8-19(9-7-18)16(22)14-11(17(23)24)3-1-4-12(14)20(25)26/h1-5,10H,6-9H2,(H,23,24)/p-1. The average molecular weight is 372 g/mol. The molecule has 2 heterocycles. The Kier molecular flexibility index (Phi) is 4.88. The molecular weight excluding hydrogens is 358 g/mol. The molecule has 0 saturated carbocycles. The summed E-state index contributed by atoms with van der Waals surface area (Å²) in [6.07, 6.45) is 1.38. The number of hydrogen-bond acceptors (Lipinski definition) is 7. The number of aromatic carboxylic acids is 1. The van der Waals surface area contributed by atoms with Gasteiger partial charge in [0.25, 0.3) is 17.5 Å². The number of carboxylic acids is 1. The number of rotatable bonds is 4. The molecule has 27 heavy (non-hydrogen) atoms. The number of carbonyl (C=O) groups is 3. The van der Waals surface area contributed by atoms with Crippen LogP contribution in [0.3, 0.4) is 0 Å². The van der Waals surface area contributed by atoms with E-state index in [4.69, 9.17) is 4.42 Å². The van der Waals surface area contributed by atoms with Gasteiger partial charge in [-0.2, -0.15) is 0 Å². The van der Waals surface area contributed by atoms with Crippen LogP contribution >= 0.6 is 0 Å². The number of piperazine rings is 1. The van der Waals surface area contributed by atoms with Gasteiger partial charge < -0.3 is 24.1 Å². The van der Waals surface area contributed by atoms with Crippen LogP contribution in [0.4, 0.5) is 5.69 Å². The van der Waals surface area contributed by atoms with Crippen LogP contribution in [0.5, 0.6) is 0 Å². The molecule has 1 fully saturated rings. The summed E-state index contributed by atoms with van der Waals surface area (Å²) in [5.74, 6) is -2.61. The lowest BCUT2D eigenvalue weighted by Crippen LogP contribution is -2.51. The van der Waals surface area contributed by atoms with E-state index in [1.54, 1.807) is 6.07 Å². The smallest absolute Gasteiger partial charge is 0.289 e. The van der Waals surface area contributed by atoms with E-state index in [-0.39, 0.29) is 37.8 Å². The van der Waals surface area contributed by atoms with Gasteiger partial charge in [-0.25, -0.2) is 0 Å². The highest BCUT2D eigenvalue weighted by Crippen LogP contribution is 2.24. The highest BCUT2D eigenvalue weighted by atomic mass is 16.6. The van der Waals surface area contributed by atoms with Gasteiger partial charge in [-0.3, -0.25) is 19.7 Å². The molecule has 10 heteroatoms. The third-order valence-corrected chi connectivity index (χ3v) is 4.26. The topological polar surface area (TPSA) is 137 Å². The second kappa shape index (κ2) is 7.28. The summed E-state index contributed by atoms with van der Waals surface area (Å²) in [4.78, 5) is 49.5. The highest BCUT2D eigenvalue weighted by Gasteiger charge is 2.31. The van der Waals surface area contributed by atoms with Gasteiger partial charge in [-0.05, 0) is 12.1 Å². The van der Waals surface area contributed by atoms with Crippen molar-refractivity contribution in [3.05, 3.63) is 63.6 Å². The van der Waals surface area contributed by atoms with Crippen molar-refractivity contribution in [2.45, 2.75) is 0 Å². The summed E-state index contributed by atoms with van der Waals surface area (Å²) in [5.41, 5.74) is -1.66. The van der Waals surface area contributed by atoms with Gasteiger partial charge >= 0.3 is 0 Å². The van der Waals surface area contributed by atoms with Crippen LogP contribution < -0.4 is 5.11 Å². The lowest BCUT2D eigenvalue weighted by molar-refractivity contribution is -0.385. The van der Waals surface area contributed by atoms with Crippen LogP contribution in [0.15, 0.2) is 41.0 Å². The molecule has 1 aromatic carbocycles. The molecule has 0 unspecified atom stereocenters. The summed E-state index contributed by atoms with van der Waals surface area (Å²) in [5, 5.41) is 22.5. The van der Waals surface area contributed by atoms with Crippen molar-refractivity contribution in [3.63, 3.8) is 0 Å². The number of furan rings is 1. The van der Waals surface area contributed by atoms with Crippen molar-refractivity contribution in [2.75, 3.05) is 26.2 Å². The minimum atomic E-state index is -1.67. The molecule has 1 aliphatic heterocycles. The molecule has 0 atom stereocenters. The number of amides is 2. The van der Waals surface area contributed by atoms with Crippen LogP contribution in [-0.4, -0.2) is 58.7 Å². The van der Waals surface area contributed by atoms with Crippen molar-refractivity contribution >= 4 is 23.5 Å². The van der Waals surface area contributed by atoms with E-state index in [1.807, 2.05) is 0 Å². The molecule has 10 nitrogen and oxygen atoms in total. The maximum Gasteiger partial charge on any atom is 0.289 e. The van der Waals surface area contributed by atoms with Gasteiger partial charge in [-0.1, -0.05) is 12.1 Å². The van der Waals surface area contributed by atoms with E-state index in [0.29, 0.717) is 0 Å². The number of carboxylic acid groups (broad SMARTS) is 1. The van der Waals surface area contributed by atoms with E-state index >= 15 is 0 Å². The number of carbonyl (C=O) groups excluding carboxylic acids is 3. The van der Waals surface area contributed by atoms with Crippen molar-refractivity contribution in [1.29, 1.82) is 0 Å². The Morgan fingerprint density at radius 2 is 1.59 bits per heavy atom. The number of hydrogen-bond donors (Lipinski definition) is 0. The zero-order valence-corrected chi connectivity index (χ0v) is 14.0. The lowest BCUT2D eigenvalue weighted by atomic mass is 10.0. The van der Waals surface area contributed by atoms with Gasteiger partial charge in [0.05, 0.1) is 17.2 Å². The number of nitro groups is 1. The average Bonchev–Trinajstić information content (AvgIpc) is 3.21. The van der Waals surface area contributed by atoms with Crippen LogP contribution in [0, 0.1) is 10.1 Å². The van der Waals surface area contributed by atoms with Crippen molar-refractivity contribution < 1.29 is 28.8 Å². The number of benzene rings is 1. The Morgan fingerprint density at radius 1 is 0.963 bits per heavy atom. The Balaban J connectivity index is 1.79. The summed E-state index contributed by atoms with van der Waals surface area (Å²) in [7, 11) is 0. The SMILES string of the molecule is O=C([O-])c1cccc([N+](=O)[O-])c1C(=O)N1CCN(C(=O)c2ccco2)CC1. The van der Waals surface area contributed by atoms with Crippen LogP contribution in [0.1, 0.15) is 31.3 Å². The zero-order valence-electron chi connectivity index (χ0n) is 14.0. The molecule has 0 radical (unpaired) electrons. The zero-order chi connectivity index (χ0) is 19.6. The summed E-state index contributed by atoms with van der Waals surface area (Å²) < 4.78 is 5.06. The fraction of sp³-hybridized carbons (Fsp3) is 0.235. The van der Waals surface area contributed by atoms with Gasteiger partial charge in [0.15, 0.2) is 5.76 Å². The Bertz CT molecular complexity index is 867. The van der Waals surface area contributed by atoms with Gasteiger partial charge in [0.2, 0.25) is 0 Å². The normalized spacial score (nSPS) is 14.1. The summed E-state index contributed by atoms with van der Waals surface area (Å²) in [6, 6.07) is 6.45. The van der Waals surface area contributed by atoms with Gasteiger partial charge in [0, 0.05) is 37.8 Å². The molecule has 1 aliphatic rings. The monoisotopic (exact) mass is 372 g/mol. The molecule has 0 N–H and O–H groups in total. The van der Waals surface area contributed by atoms with Crippen LogP contribution in [0.25, 0.3) is 0 Å². The molecule has 1 saturated heterocycles. The molecule has 2 amide bonds. The molecule has 0 bridgehead atoms. The van der Waals surface area contributed by atoms with E-state index in [9.17, 15) is 29.6 Å². The Labute approximate surface area is 152 Å². The minimum absolute atomic E-state index is 0.101. The predicted molar refractivity (Wildman–Crippen MR) is 87.9 cm³/mol. The third kappa shape index (κ3) is 3.50. The molecule has 0 spiro atoms. The second-order valence-electron chi connectivity index (χ2n) is 5.81. The lowest BCUT2D eigenvalue weighted by Gasteiger charge is -2.34. The van der Waals surface area contributed by atoms with Crippen LogP contribution in [0.2, 0.25) is 0 Å². The maximum atomic E-state index is 12.8. The molecule has 3 rings (SSSR count). The minimum Gasteiger partial charge on any atom is -0.545 e. The fourth-order valence-electron chi connectivity index (χ4n) is 2.91. The first-order valence-electron chi connectivity index (χ1n) is 8.01. The summed E-state index contributed by atoms with van der Waals surface area (Å²) >= 11 is 0. The molecule has 1 aromatic heterocycles. The van der Waals surface area contributed by atoms with Crippen molar-refractivity contribution in [3.8, 4) is 0 Å². The quantitative estimate of drug-likeness (QED) is 0.550. The Hall–Kier alpha value is -3.69. The maximum absolute atomic E-state index is 12.8. The highest BCUT2D eigenvalue weighted by molar-refractivity contribution is 6.07. The third-order valence-electron chi connectivity index (χ3n) is 4.26. The Morgan fingerprint density at radius 3 is 2.11 bits per heavy atom. The molecular formula is C17H14N3O7-. The molecule has 140 valence electrons.